The van der Waals surface area contributed by atoms with E-state index in [9.17, 15) is 10.1 Å². The van der Waals surface area contributed by atoms with E-state index >= 15 is 0 Å². The van der Waals surface area contributed by atoms with Crippen LogP contribution in [0.3, 0.4) is 0 Å². The fraction of sp³-hybridized carbons (Fsp3) is 0.417. The lowest BCUT2D eigenvalue weighted by Crippen LogP contribution is -2.19. The first kappa shape index (κ1) is 11.9. The van der Waals surface area contributed by atoms with Gasteiger partial charge in [-0.25, -0.2) is 4.98 Å². The molecule has 1 saturated carbocycles. The van der Waals surface area contributed by atoms with Crippen molar-refractivity contribution in [2.45, 2.75) is 25.3 Å². The molecule has 0 aromatic carbocycles. The molecule has 2 heterocycles. The van der Waals surface area contributed by atoms with Crippen molar-refractivity contribution < 1.29 is 13.8 Å². The van der Waals surface area contributed by atoms with E-state index in [0.717, 1.165) is 6.54 Å². The maximum Gasteiger partial charge on any atom is 0.433 e. The van der Waals surface area contributed by atoms with Crippen LogP contribution in [-0.2, 0) is 6.42 Å². The van der Waals surface area contributed by atoms with Gasteiger partial charge in [0.05, 0.1) is 12.3 Å². The van der Waals surface area contributed by atoms with Gasteiger partial charge in [-0.15, -0.1) is 0 Å². The molecule has 0 spiro atoms. The van der Waals surface area contributed by atoms with Gasteiger partial charge in [0.15, 0.2) is 17.4 Å². The van der Waals surface area contributed by atoms with E-state index in [4.69, 9.17) is 8.83 Å². The zero-order valence-electron chi connectivity index (χ0n) is 10.2. The van der Waals surface area contributed by atoms with E-state index in [-0.39, 0.29) is 5.88 Å². The quantitative estimate of drug-likeness (QED) is 0.633. The van der Waals surface area contributed by atoms with Crippen molar-refractivity contribution >= 4 is 5.88 Å². The molecule has 7 heteroatoms. The van der Waals surface area contributed by atoms with Crippen LogP contribution in [0.25, 0.3) is 11.5 Å². The van der Waals surface area contributed by atoms with Gasteiger partial charge in [0.25, 0.3) is 0 Å². The van der Waals surface area contributed by atoms with Crippen molar-refractivity contribution in [2.24, 2.45) is 0 Å². The zero-order valence-corrected chi connectivity index (χ0v) is 10.2. The van der Waals surface area contributed by atoms with Gasteiger partial charge in [-0.2, -0.15) is 0 Å². The lowest BCUT2D eigenvalue weighted by atomic mass is 10.4. The van der Waals surface area contributed by atoms with Crippen molar-refractivity contribution in [3.8, 4) is 11.5 Å². The van der Waals surface area contributed by atoms with Crippen LogP contribution in [0.2, 0.25) is 0 Å². The van der Waals surface area contributed by atoms with Gasteiger partial charge in [-0.3, -0.25) is 10.1 Å². The van der Waals surface area contributed by atoms with Gasteiger partial charge in [-0.05, 0) is 18.9 Å². The molecule has 100 valence electrons. The summed E-state index contributed by atoms with van der Waals surface area (Å²) in [4.78, 5) is 14.1. The van der Waals surface area contributed by atoms with Crippen LogP contribution in [0.4, 0.5) is 5.88 Å². The Hall–Kier alpha value is -2.15. The average molecular weight is 263 g/mol. The smallest absolute Gasteiger partial charge is 0.433 e. The molecule has 3 rings (SSSR count). The third-order valence-corrected chi connectivity index (χ3v) is 2.92. The fourth-order valence-electron chi connectivity index (χ4n) is 1.77. The molecular weight excluding hydrogens is 250 g/mol. The monoisotopic (exact) mass is 263 g/mol. The lowest BCUT2D eigenvalue weighted by Gasteiger charge is -1.98. The van der Waals surface area contributed by atoms with E-state index in [1.165, 1.54) is 31.2 Å². The van der Waals surface area contributed by atoms with Crippen LogP contribution in [-0.4, -0.2) is 22.5 Å². The van der Waals surface area contributed by atoms with Crippen LogP contribution in [0.5, 0.6) is 0 Å². The number of aromatic nitrogens is 1. The van der Waals surface area contributed by atoms with Crippen LogP contribution >= 0.6 is 0 Å². The lowest BCUT2D eigenvalue weighted by molar-refractivity contribution is -0.401. The predicted octanol–water partition coefficient (Wildman–Crippen LogP) is 2.14. The molecule has 0 aliphatic heterocycles. The van der Waals surface area contributed by atoms with Crippen LogP contribution < -0.4 is 5.32 Å². The molecule has 0 saturated heterocycles. The molecular formula is C12H13N3O4. The topological polar surface area (TPSA) is 94.3 Å². The molecule has 2 aromatic heterocycles. The summed E-state index contributed by atoms with van der Waals surface area (Å²) in [5.74, 6) is 1.03. The minimum Gasteiger partial charge on any atom is -0.437 e. The Morgan fingerprint density at radius 2 is 2.21 bits per heavy atom. The number of nitro groups is 1. The molecule has 0 amide bonds. The van der Waals surface area contributed by atoms with E-state index in [2.05, 4.69) is 10.3 Å². The Bertz CT molecular complexity index is 585. The molecule has 19 heavy (non-hydrogen) atoms. The SMILES string of the molecule is O=[N+]([O-])c1ccc(-c2cnc(CCNC3CC3)o2)o1. The molecule has 2 aromatic rings. The summed E-state index contributed by atoms with van der Waals surface area (Å²) in [5.41, 5.74) is 0. The highest BCUT2D eigenvalue weighted by Gasteiger charge is 2.20. The van der Waals surface area contributed by atoms with Crippen LogP contribution in [0.15, 0.2) is 27.2 Å². The molecule has 1 N–H and O–H groups in total. The Balaban J connectivity index is 1.63. The molecule has 0 bridgehead atoms. The summed E-state index contributed by atoms with van der Waals surface area (Å²) in [5, 5.41) is 13.9. The predicted molar refractivity (Wildman–Crippen MR) is 65.6 cm³/mol. The average Bonchev–Trinajstić information content (AvgIpc) is 2.92. The van der Waals surface area contributed by atoms with Gasteiger partial charge < -0.3 is 14.2 Å². The minimum absolute atomic E-state index is 0.302. The first-order valence-electron chi connectivity index (χ1n) is 6.15. The van der Waals surface area contributed by atoms with Gasteiger partial charge in [0.2, 0.25) is 0 Å². The Morgan fingerprint density at radius 1 is 1.37 bits per heavy atom. The highest BCUT2D eigenvalue weighted by Crippen LogP contribution is 2.26. The summed E-state index contributed by atoms with van der Waals surface area (Å²) in [7, 11) is 0. The molecule has 1 aliphatic carbocycles. The Labute approximate surface area is 108 Å². The summed E-state index contributed by atoms with van der Waals surface area (Å²) in [6.07, 6.45) is 4.70. The van der Waals surface area contributed by atoms with E-state index in [0.29, 0.717) is 29.9 Å². The number of nitrogens with one attached hydrogen (secondary N) is 1. The van der Waals surface area contributed by atoms with E-state index < -0.39 is 4.92 Å². The zero-order chi connectivity index (χ0) is 13.2. The fourth-order valence-corrected chi connectivity index (χ4v) is 1.77. The second kappa shape index (κ2) is 4.85. The molecule has 0 radical (unpaired) electrons. The van der Waals surface area contributed by atoms with Crippen molar-refractivity contribution in [3.63, 3.8) is 0 Å². The van der Waals surface area contributed by atoms with Crippen LogP contribution in [0.1, 0.15) is 18.7 Å². The van der Waals surface area contributed by atoms with Gasteiger partial charge in [0.1, 0.15) is 4.92 Å². The standard InChI is InChI=1S/C12H13N3O4/c16-15(17)12-4-3-9(19-12)10-7-14-11(18-10)5-6-13-8-1-2-8/h3-4,7-8,13H,1-2,5-6H2. The van der Waals surface area contributed by atoms with Gasteiger partial charge >= 0.3 is 5.88 Å². The number of furan rings is 1. The van der Waals surface area contributed by atoms with E-state index in [1.54, 1.807) is 0 Å². The Kier molecular flexibility index (Phi) is 3.04. The molecule has 1 aliphatic rings. The second-order valence-corrected chi connectivity index (χ2v) is 4.49. The van der Waals surface area contributed by atoms with Crippen molar-refractivity contribution in [1.82, 2.24) is 10.3 Å². The van der Waals surface area contributed by atoms with Gasteiger partial charge in [-0.1, -0.05) is 0 Å². The molecule has 1 fully saturated rings. The van der Waals surface area contributed by atoms with Gasteiger partial charge in [0, 0.05) is 19.0 Å². The minimum atomic E-state index is -0.583. The van der Waals surface area contributed by atoms with Crippen molar-refractivity contribution in [2.75, 3.05) is 6.54 Å². The first-order chi connectivity index (χ1) is 9.22. The Morgan fingerprint density at radius 3 is 2.89 bits per heavy atom. The second-order valence-electron chi connectivity index (χ2n) is 4.49. The summed E-state index contributed by atoms with van der Waals surface area (Å²) in [6, 6.07) is 3.46. The highest BCUT2D eigenvalue weighted by atomic mass is 16.6. The van der Waals surface area contributed by atoms with Crippen LogP contribution in [0, 0.1) is 10.1 Å². The number of oxazole rings is 1. The summed E-state index contributed by atoms with van der Waals surface area (Å²) < 4.78 is 10.5. The molecule has 0 atom stereocenters. The summed E-state index contributed by atoms with van der Waals surface area (Å²) in [6.45, 7) is 0.822. The maximum atomic E-state index is 10.5. The molecule has 0 unspecified atom stereocenters. The molecule has 7 nitrogen and oxygen atoms in total. The third kappa shape index (κ3) is 2.82. The maximum absolute atomic E-state index is 10.5. The number of hydrogen-bond acceptors (Lipinski definition) is 6. The van der Waals surface area contributed by atoms with Crippen molar-refractivity contribution in [1.29, 1.82) is 0 Å². The number of hydrogen-bond donors (Lipinski definition) is 1. The number of nitrogens with zero attached hydrogens (tertiary/aromatic N) is 2. The number of rotatable bonds is 6. The highest BCUT2D eigenvalue weighted by molar-refractivity contribution is 5.50. The first-order valence-corrected chi connectivity index (χ1v) is 6.15. The largest absolute Gasteiger partial charge is 0.437 e. The normalized spacial score (nSPS) is 14.7. The third-order valence-electron chi connectivity index (χ3n) is 2.92. The van der Waals surface area contributed by atoms with Crippen molar-refractivity contribution in [3.05, 3.63) is 34.3 Å². The van der Waals surface area contributed by atoms with E-state index in [1.807, 2.05) is 0 Å². The summed E-state index contributed by atoms with van der Waals surface area (Å²) >= 11 is 0.